The maximum absolute atomic E-state index is 12.5. The third kappa shape index (κ3) is 4.58. The summed E-state index contributed by atoms with van der Waals surface area (Å²) in [4.78, 5) is 21.3. The molecule has 1 N–H and O–H groups in total. The summed E-state index contributed by atoms with van der Waals surface area (Å²) in [7, 11) is 1.92. The molecule has 0 spiro atoms. The number of anilines is 1. The third-order valence-corrected chi connectivity index (χ3v) is 5.55. The Kier molecular flexibility index (Phi) is 5.90. The Bertz CT molecular complexity index is 1130. The summed E-state index contributed by atoms with van der Waals surface area (Å²) in [5.41, 5.74) is 3.73. The quantitative estimate of drug-likeness (QED) is 0.462. The Morgan fingerprint density at radius 3 is 2.57 bits per heavy atom. The zero-order chi connectivity index (χ0) is 20.9. The van der Waals surface area contributed by atoms with Gasteiger partial charge >= 0.3 is 0 Å². The van der Waals surface area contributed by atoms with Crippen molar-refractivity contribution in [3.63, 3.8) is 0 Å². The van der Waals surface area contributed by atoms with Crippen molar-refractivity contribution in [2.45, 2.75) is 20.0 Å². The van der Waals surface area contributed by atoms with Crippen LogP contribution in [0.3, 0.4) is 0 Å². The predicted molar refractivity (Wildman–Crippen MR) is 119 cm³/mol. The van der Waals surface area contributed by atoms with Crippen molar-refractivity contribution < 1.29 is 9.53 Å². The summed E-state index contributed by atoms with van der Waals surface area (Å²) in [6.07, 6.45) is 4.61. The molecule has 0 unspecified atom stereocenters. The molecule has 0 radical (unpaired) electrons. The van der Waals surface area contributed by atoms with Crippen molar-refractivity contribution in [2.24, 2.45) is 7.05 Å². The molecule has 1 amide bonds. The smallest absolute Gasteiger partial charge is 0.257 e. The molecule has 0 fully saturated rings. The number of carbonyl (C=O) groups excluding carboxylic acids is 1. The molecule has 4 aromatic rings. The largest absolute Gasteiger partial charge is 0.486 e. The van der Waals surface area contributed by atoms with Crippen LogP contribution in [0.25, 0.3) is 11.3 Å². The number of imidazole rings is 1. The molecule has 0 aliphatic carbocycles. The molecule has 30 heavy (non-hydrogen) atoms. The van der Waals surface area contributed by atoms with Crippen molar-refractivity contribution in [3.05, 3.63) is 83.3 Å². The number of aromatic nitrogens is 3. The van der Waals surface area contributed by atoms with E-state index in [-0.39, 0.29) is 5.91 Å². The number of rotatable bonds is 7. The summed E-state index contributed by atoms with van der Waals surface area (Å²) >= 11 is 1.41. The van der Waals surface area contributed by atoms with Gasteiger partial charge in [-0.1, -0.05) is 31.2 Å². The first-order valence-electron chi connectivity index (χ1n) is 9.67. The number of ether oxygens (including phenoxy) is 1. The molecule has 4 rings (SSSR count). The SMILES string of the molecule is CCc1ccc(-c2csc(NC(=O)c3ccc(OCc4nccn4C)cc3)n2)cc1. The Labute approximate surface area is 179 Å². The molecule has 2 aromatic heterocycles. The monoisotopic (exact) mass is 418 g/mol. The zero-order valence-corrected chi connectivity index (χ0v) is 17.6. The highest BCUT2D eigenvalue weighted by Gasteiger charge is 2.11. The first-order chi connectivity index (χ1) is 14.6. The highest BCUT2D eigenvalue weighted by Crippen LogP contribution is 2.26. The van der Waals surface area contributed by atoms with E-state index in [9.17, 15) is 4.79 Å². The van der Waals surface area contributed by atoms with Gasteiger partial charge in [-0.05, 0) is 36.2 Å². The Balaban J connectivity index is 1.36. The van der Waals surface area contributed by atoms with Crippen LogP contribution in [0.15, 0.2) is 66.3 Å². The van der Waals surface area contributed by atoms with E-state index in [4.69, 9.17) is 4.74 Å². The molecular formula is C23H22N4O2S. The van der Waals surface area contributed by atoms with Crippen molar-refractivity contribution in [3.8, 4) is 17.0 Å². The Morgan fingerprint density at radius 2 is 1.90 bits per heavy atom. The molecule has 0 aliphatic heterocycles. The lowest BCUT2D eigenvalue weighted by molar-refractivity contribution is 0.102. The second kappa shape index (κ2) is 8.92. The highest BCUT2D eigenvalue weighted by molar-refractivity contribution is 7.14. The molecule has 0 atom stereocenters. The average Bonchev–Trinajstić information content (AvgIpc) is 3.41. The molecule has 152 valence electrons. The van der Waals surface area contributed by atoms with Crippen LogP contribution in [-0.4, -0.2) is 20.4 Å². The molecule has 0 saturated carbocycles. The third-order valence-electron chi connectivity index (χ3n) is 4.79. The van der Waals surface area contributed by atoms with Crippen molar-refractivity contribution >= 4 is 22.4 Å². The number of aryl methyl sites for hydroxylation is 2. The van der Waals surface area contributed by atoms with Gasteiger partial charge in [0.25, 0.3) is 5.91 Å². The lowest BCUT2D eigenvalue weighted by Gasteiger charge is -2.07. The van der Waals surface area contributed by atoms with Crippen molar-refractivity contribution in [1.29, 1.82) is 0 Å². The van der Waals surface area contributed by atoms with E-state index >= 15 is 0 Å². The van der Waals surface area contributed by atoms with Crippen LogP contribution in [0.4, 0.5) is 5.13 Å². The first-order valence-corrected chi connectivity index (χ1v) is 10.6. The van der Waals surface area contributed by atoms with Gasteiger partial charge in [0.05, 0.1) is 5.69 Å². The van der Waals surface area contributed by atoms with Gasteiger partial charge in [0.15, 0.2) is 5.13 Å². The zero-order valence-electron chi connectivity index (χ0n) is 16.8. The maximum atomic E-state index is 12.5. The van der Waals surface area contributed by atoms with E-state index in [0.717, 1.165) is 23.5 Å². The van der Waals surface area contributed by atoms with E-state index in [1.807, 2.05) is 23.2 Å². The minimum Gasteiger partial charge on any atom is -0.486 e. The second-order valence-corrected chi connectivity index (χ2v) is 7.67. The number of hydrogen-bond acceptors (Lipinski definition) is 5. The minimum absolute atomic E-state index is 0.201. The van der Waals surface area contributed by atoms with Gasteiger partial charge in [-0.2, -0.15) is 0 Å². The lowest BCUT2D eigenvalue weighted by atomic mass is 10.1. The summed E-state index contributed by atoms with van der Waals surface area (Å²) < 4.78 is 7.63. The maximum Gasteiger partial charge on any atom is 0.257 e. The number of hydrogen-bond donors (Lipinski definition) is 1. The highest BCUT2D eigenvalue weighted by atomic mass is 32.1. The fraction of sp³-hybridized carbons (Fsp3) is 0.174. The van der Waals surface area contributed by atoms with Gasteiger partial charge in [0, 0.05) is 35.9 Å². The minimum atomic E-state index is -0.201. The van der Waals surface area contributed by atoms with E-state index in [1.165, 1.54) is 16.9 Å². The number of nitrogens with zero attached hydrogens (tertiary/aromatic N) is 3. The van der Waals surface area contributed by atoms with Gasteiger partial charge in [-0.25, -0.2) is 9.97 Å². The Hall–Kier alpha value is -3.45. The van der Waals surface area contributed by atoms with Gasteiger partial charge < -0.3 is 9.30 Å². The Morgan fingerprint density at radius 1 is 1.13 bits per heavy atom. The van der Waals surface area contributed by atoms with Crippen LogP contribution in [0.2, 0.25) is 0 Å². The van der Waals surface area contributed by atoms with Gasteiger partial charge in [-0.3, -0.25) is 10.1 Å². The molecule has 0 aliphatic rings. The topological polar surface area (TPSA) is 69.0 Å². The van der Waals surface area contributed by atoms with E-state index in [0.29, 0.717) is 23.1 Å². The number of amides is 1. The molecule has 7 heteroatoms. The summed E-state index contributed by atoms with van der Waals surface area (Å²) in [5, 5.41) is 5.39. The molecular weight excluding hydrogens is 396 g/mol. The molecule has 2 heterocycles. The number of carbonyl (C=O) groups is 1. The fourth-order valence-corrected chi connectivity index (χ4v) is 3.64. The molecule has 6 nitrogen and oxygen atoms in total. The van der Waals surface area contributed by atoms with Crippen molar-refractivity contribution in [2.75, 3.05) is 5.32 Å². The predicted octanol–water partition coefficient (Wildman–Crippen LogP) is 4.94. The van der Waals surface area contributed by atoms with Crippen LogP contribution in [0.5, 0.6) is 5.75 Å². The summed E-state index contributed by atoms with van der Waals surface area (Å²) in [6.45, 7) is 2.50. The van der Waals surface area contributed by atoms with Gasteiger partial charge in [0.2, 0.25) is 0 Å². The van der Waals surface area contributed by atoms with Gasteiger partial charge in [-0.15, -0.1) is 11.3 Å². The van der Waals surface area contributed by atoms with Crippen LogP contribution < -0.4 is 10.1 Å². The number of nitrogens with one attached hydrogen (secondary N) is 1. The first kappa shape index (κ1) is 19.8. The standard InChI is InChI=1S/C23H22N4O2S/c1-3-16-4-6-17(7-5-16)20-15-30-23(25-20)26-22(28)18-8-10-19(11-9-18)29-14-21-24-12-13-27(21)2/h4-13,15H,3,14H2,1-2H3,(H,25,26,28). The summed E-state index contributed by atoms with van der Waals surface area (Å²) in [5.74, 6) is 1.32. The van der Waals surface area contributed by atoms with E-state index < -0.39 is 0 Å². The average molecular weight is 419 g/mol. The molecule has 2 aromatic carbocycles. The van der Waals surface area contributed by atoms with Gasteiger partial charge in [0.1, 0.15) is 18.2 Å². The van der Waals surface area contributed by atoms with E-state index in [2.05, 4.69) is 46.5 Å². The second-order valence-electron chi connectivity index (χ2n) is 6.81. The van der Waals surface area contributed by atoms with Crippen molar-refractivity contribution in [1.82, 2.24) is 14.5 Å². The van der Waals surface area contributed by atoms with Crippen LogP contribution in [-0.2, 0) is 20.1 Å². The number of thiazole rings is 1. The van der Waals surface area contributed by atoms with Crippen LogP contribution >= 0.6 is 11.3 Å². The van der Waals surface area contributed by atoms with Crippen LogP contribution in [0.1, 0.15) is 28.7 Å². The molecule has 0 saturated heterocycles. The summed E-state index contributed by atoms with van der Waals surface area (Å²) in [6, 6.07) is 15.4. The number of benzene rings is 2. The fourth-order valence-electron chi connectivity index (χ4n) is 2.93. The molecule has 0 bridgehead atoms. The van der Waals surface area contributed by atoms with E-state index in [1.54, 1.807) is 30.5 Å². The normalized spacial score (nSPS) is 10.7. The lowest BCUT2D eigenvalue weighted by Crippen LogP contribution is -2.11. The van der Waals surface area contributed by atoms with Crippen LogP contribution in [0, 0.1) is 0 Å².